The van der Waals surface area contributed by atoms with E-state index in [4.69, 9.17) is 9.72 Å². The Balaban J connectivity index is 1.49. The van der Waals surface area contributed by atoms with Gasteiger partial charge in [-0.2, -0.15) is 0 Å². The minimum atomic E-state index is -0.179. The number of benzene rings is 1. The number of H-pyrrole nitrogens is 1. The zero-order valence-corrected chi connectivity index (χ0v) is 15.0. The van der Waals surface area contributed by atoms with Gasteiger partial charge in [-0.1, -0.05) is 30.3 Å². The average Bonchev–Trinajstić information content (AvgIpc) is 2.69. The van der Waals surface area contributed by atoms with Gasteiger partial charge in [0, 0.05) is 31.6 Å². The molecule has 2 aliphatic rings. The summed E-state index contributed by atoms with van der Waals surface area (Å²) in [6.45, 7) is 5.15. The molecular formula is C20H26N4O2. The summed E-state index contributed by atoms with van der Waals surface area (Å²) in [5, 5.41) is 3.36. The summed E-state index contributed by atoms with van der Waals surface area (Å²) in [5.74, 6) is 1.03. The molecule has 4 rings (SSSR count). The van der Waals surface area contributed by atoms with Crippen LogP contribution in [0, 0.1) is 0 Å². The molecule has 26 heavy (non-hydrogen) atoms. The topological polar surface area (TPSA) is 70.2 Å². The van der Waals surface area contributed by atoms with E-state index in [1.54, 1.807) is 6.07 Å². The molecule has 6 nitrogen and oxygen atoms in total. The second-order valence-electron chi connectivity index (χ2n) is 7.16. The maximum Gasteiger partial charge on any atom is 0.251 e. The summed E-state index contributed by atoms with van der Waals surface area (Å²) < 4.78 is 5.94. The molecule has 0 unspecified atom stereocenters. The first kappa shape index (κ1) is 17.4. The van der Waals surface area contributed by atoms with Crippen molar-refractivity contribution < 1.29 is 4.74 Å². The van der Waals surface area contributed by atoms with Gasteiger partial charge in [-0.25, -0.2) is 4.98 Å². The summed E-state index contributed by atoms with van der Waals surface area (Å²) in [4.78, 5) is 22.2. The lowest BCUT2D eigenvalue weighted by Gasteiger charge is -2.32. The molecule has 2 aromatic rings. The molecule has 2 aliphatic heterocycles. The quantitative estimate of drug-likeness (QED) is 0.876. The van der Waals surface area contributed by atoms with E-state index < -0.39 is 0 Å². The predicted molar refractivity (Wildman–Crippen MR) is 100 cm³/mol. The largest absolute Gasteiger partial charge is 0.368 e. The summed E-state index contributed by atoms with van der Waals surface area (Å²) in [6, 6.07) is 12.1. The normalized spacial score (nSPS) is 22.4. The molecule has 2 saturated heterocycles. The van der Waals surface area contributed by atoms with E-state index in [-0.39, 0.29) is 11.7 Å². The van der Waals surface area contributed by atoms with E-state index in [0.29, 0.717) is 18.3 Å². The van der Waals surface area contributed by atoms with Gasteiger partial charge in [0.2, 0.25) is 0 Å². The van der Waals surface area contributed by atoms with E-state index in [1.807, 2.05) is 6.07 Å². The van der Waals surface area contributed by atoms with Crippen LogP contribution in [-0.4, -0.2) is 47.7 Å². The van der Waals surface area contributed by atoms with Crippen LogP contribution >= 0.6 is 0 Å². The fraction of sp³-hybridized carbons (Fsp3) is 0.500. The number of rotatable bonds is 4. The fourth-order valence-corrected chi connectivity index (χ4v) is 3.83. The predicted octanol–water partition coefficient (Wildman–Crippen LogP) is 1.81. The number of aromatic nitrogens is 2. The average molecular weight is 354 g/mol. The number of hydrogen-bond acceptors (Lipinski definition) is 5. The molecule has 2 fully saturated rings. The molecule has 0 radical (unpaired) electrons. The molecule has 1 aromatic heterocycles. The summed E-state index contributed by atoms with van der Waals surface area (Å²) in [5.41, 5.74) is 2.12. The van der Waals surface area contributed by atoms with Crippen molar-refractivity contribution in [1.82, 2.24) is 20.2 Å². The number of nitrogens with one attached hydrogen (secondary N) is 2. The van der Waals surface area contributed by atoms with Crippen LogP contribution in [0.15, 0.2) is 41.2 Å². The van der Waals surface area contributed by atoms with Gasteiger partial charge in [0.15, 0.2) is 0 Å². The Morgan fingerprint density at radius 1 is 1.19 bits per heavy atom. The summed E-state index contributed by atoms with van der Waals surface area (Å²) in [6.07, 6.45) is 1.88. The highest BCUT2D eigenvalue weighted by Crippen LogP contribution is 2.25. The molecule has 2 N–H and O–H groups in total. The Hall–Kier alpha value is -2.02. The number of morpholine rings is 1. The van der Waals surface area contributed by atoms with E-state index >= 15 is 0 Å². The van der Waals surface area contributed by atoms with Crippen molar-refractivity contribution in [1.29, 1.82) is 0 Å². The molecule has 3 heterocycles. The fourth-order valence-electron chi connectivity index (χ4n) is 3.83. The number of nitrogens with zero attached hydrogens (tertiary/aromatic N) is 2. The zero-order chi connectivity index (χ0) is 17.8. The van der Waals surface area contributed by atoms with Crippen LogP contribution in [0.25, 0.3) is 0 Å². The van der Waals surface area contributed by atoms with Crippen LogP contribution in [0.4, 0.5) is 0 Å². The molecule has 0 aliphatic carbocycles. The van der Waals surface area contributed by atoms with E-state index in [9.17, 15) is 4.79 Å². The van der Waals surface area contributed by atoms with E-state index in [0.717, 1.165) is 51.3 Å². The van der Waals surface area contributed by atoms with Crippen molar-refractivity contribution in [3.8, 4) is 0 Å². The second-order valence-corrected chi connectivity index (χ2v) is 7.16. The third-order valence-electron chi connectivity index (χ3n) is 5.24. The molecule has 6 heteroatoms. The number of aromatic amines is 1. The third-order valence-corrected chi connectivity index (χ3v) is 5.24. The van der Waals surface area contributed by atoms with Crippen molar-refractivity contribution >= 4 is 0 Å². The molecule has 0 bridgehead atoms. The van der Waals surface area contributed by atoms with Crippen LogP contribution in [0.1, 0.15) is 41.9 Å². The number of hydrogen-bond donors (Lipinski definition) is 2. The van der Waals surface area contributed by atoms with Crippen LogP contribution < -0.4 is 10.9 Å². The zero-order valence-electron chi connectivity index (χ0n) is 15.0. The first-order chi connectivity index (χ1) is 12.8. The van der Waals surface area contributed by atoms with Crippen LogP contribution in [-0.2, 0) is 11.3 Å². The molecule has 0 spiro atoms. The van der Waals surface area contributed by atoms with Gasteiger partial charge >= 0.3 is 0 Å². The Morgan fingerprint density at radius 3 is 2.81 bits per heavy atom. The van der Waals surface area contributed by atoms with Crippen molar-refractivity contribution in [2.45, 2.75) is 31.4 Å². The van der Waals surface area contributed by atoms with Gasteiger partial charge in [-0.3, -0.25) is 9.69 Å². The molecule has 1 atom stereocenters. The van der Waals surface area contributed by atoms with E-state index in [2.05, 4.69) is 39.5 Å². The van der Waals surface area contributed by atoms with Crippen molar-refractivity contribution in [3.63, 3.8) is 0 Å². The highest BCUT2D eigenvalue weighted by atomic mass is 16.5. The molecule has 0 saturated carbocycles. The third kappa shape index (κ3) is 4.20. The Morgan fingerprint density at radius 2 is 2.00 bits per heavy atom. The van der Waals surface area contributed by atoms with Crippen molar-refractivity contribution in [2.75, 3.05) is 32.8 Å². The van der Waals surface area contributed by atoms with Crippen LogP contribution in [0.3, 0.4) is 0 Å². The lowest BCUT2D eigenvalue weighted by atomic mass is 9.94. The first-order valence-corrected chi connectivity index (χ1v) is 9.48. The minimum absolute atomic E-state index is 0.0766. The number of piperidine rings is 1. The Kier molecular flexibility index (Phi) is 5.43. The molecular weight excluding hydrogens is 328 g/mol. The molecule has 138 valence electrons. The first-order valence-electron chi connectivity index (χ1n) is 9.48. The Bertz CT molecular complexity index is 771. The highest BCUT2D eigenvalue weighted by molar-refractivity contribution is 5.15. The van der Waals surface area contributed by atoms with Gasteiger partial charge in [0.1, 0.15) is 11.9 Å². The summed E-state index contributed by atoms with van der Waals surface area (Å²) >= 11 is 0. The molecule has 0 amide bonds. The maximum atomic E-state index is 12.2. The van der Waals surface area contributed by atoms with Crippen molar-refractivity contribution in [2.24, 2.45) is 0 Å². The molecule has 1 aromatic carbocycles. The van der Waals surface area contributed by atoms with Gasteiger partial charge in [-0.15, -0.1) is 0 Å². The minimum Gasteiger partial charge on any atom is -0.368 e. The van der Waals surface area contributed by atoms with Crippen LogP contribution in [0.5, 0.6) is 0 Å². The lowest BCUT2D eigenvalue weighted by Crippen LogP contribution is -2.39. The lowest BCUT2D eigenvalue weighted by molar-refractivity contribution is -0.0374. The van der Waals surface area contributed by atoms with Crippen molar-refractivity contribution in [3.05, 3.63) is 63.8 Å². The smallest absolute Gasteiger partial charge is 0.251 e. The maximum absolute atomic E-state index is 12.2. The van der Waals surface area contributed by atoms with Gasteiger partial charge in [0.25, 0.3) is 5.56 Å². The van der Waals surface area contributed by atoms with Gasteiger partial charge < -0.3 is 15.0 Å². The Labute approximate surface area is 153 Å². The van der Waals surface area contributed by atoms with Crippen LogP contribution in [0.2, 0.25) is 0 Å². The monoisotopic (exact) mass is 354 g/mol. The standard InChI is InChI=1S/C20H26N4O2/c25-19-12-17(16-6-8-21-9-7-16)22-20(23-19)18-14-24(10-11-26-18)13-15-4-2-1-3-5-15/h1-5,12,16,18,21H,6-11,13-14H2,(H,22,23,25)/t18-/m1/s1. The van der Waals surface area contributed by atoms with Gasteiger partial charge in [0.05, 0.1) is 12.3 Å². The van der Waals surface area contributed by atoms with Gasteiger partial charge in [-0.05, 0) is 31.5 Å². The summed E-state index contributed by atoms with van der Waals surface area (Å²) in [7, 11) is 0. The SMILES string of the molecule is O=c1cc(C2CCNCC2)nc([C@H]2CN(Cc3ccccc3)CCO2)[nH]1. The second kappa shape index (κ2) is 8.12. The van der Waals surface area contributed by atoms with E-state index in [1.165, 1.54) is 5.56 Å². The number of ether oxygens (including phenoxy) is 1. The highest BCUT2D eigenvalue weighted by Gasteiger charge is 2.26.